The number of amides is 1. The van der Waals surface area contributed by atoms with E-state index in [1.807, 2.05) is 31.2 Å². The van der Waals surface area contributed by atoms with Gasteiger partial charge in [-0.2, -0.15) is 0 Å². The van der Waals surface area contributed by atoms with Gasteiger partial charge in [-0.15, -0.1) is 0 Å². The van der Waals surface area contributed by atoms with E-state index < -0.39 is 4.92 Å². The SMILES string of the molecule is COc1ccccc1[C@@H](C)NC(=O)c1cccc([N+](=O)[O-])c1C. The first kappa shape index (κ1) is 16.5. The van der Waals surface area contributed by atoms with Crippen molar-refractivity contribution in [3.05, 3.63) is 69.3 Å². The minimum atomic E-state index is -0.490. The lowest BCUT2D eigenvalue weighted by atomic mass is 10.0. The van der Waals surface area contributed by atoms with Crippen LogP contribution in [0.4, 0.5) is 5.69 Å². The lowest BCUT2D eigenvalue weighted by Crippen LogP contribution is -2.27. The van der Waals surface area contributed by atoms with Crippen LogP contribution in [-0.4, -0.2) is 17.9 Å². The summed E-state index contributed by atoms with van der Waals surface area (Å²) in [5, 5.41) is 13.8. The van der Waals surface area contributed by atoms with E-state index in [0.717, 1.165) is 5.56 Å². The van der Waals surface area contributed by atoms with Crippen LogP contribution in [0.25, 0.3) is 0 Å². The highest BCUT2D eigenvalue weighted by molar-refractivity contribution is 5.96. The summed E-state index contributed by atoms with van der Waals surface area (Å²) in [5.41, 5.74) is 1.41. The Morgan fingerprint density at radius 3 is 2.57 bits per heavy atom. The van der Waals surface area contributed by atoms with Crippen molar-refractivity contribution >= 4 is 11.6 Å². The molecule has 23 heavy (non-hydrogen) atoms. The number of nitro groups is 1. The lowest BCUT2D eigenvalue weighted by molar-refractivity contribution is -0.385. The van der Waals surface area contributed by atoms with Crippen molar-refractivity contribution in [3.8, 4) is 5.75 Å². The molecule has 6 heteroatoms. The van der Waals surface area contributed by atoms with Gasteiger partial charge in [0.2, 0.25) is 0 Å². The highest BCUT2D eigenvalue weighted by Gasteiger charge is 2.20. The third-order valence-corrected chi connectivity index (χ3v) is 3.70. The number of nitrogens with one attached hydrogen (secondary N) is 1. The molecule has 0 radical (unpaired) electrons. The zero-order valence-electron chi connectivity index (χ0n) is 13.2. The van der Waals surface area contributed by atoms with Gasteiger partial charge in [0.1, 0.15) is 5.75 Å². The van der Waals surface area contributed by atoms with Crippen molar-refractivity contribution in [2.45, 2.75) is 19.9 Å². The quantitative estimate of drug-likeness (QED) is 0.677. The minimum Gasteiger partial charge on any atom is -0.496 e. The molecule has 0 bridgehead atoms. The second-order valence-corrected chi connectivity index (χ2v) is 5.14. The fourth-order valence-electron chi connectivity index (χ4n) is 2.44. The molecule has 0 saturated heterocycles. The summed E-state index contributed by atoms with van der Waals surface area (Å²) in [6.07, 6.45) is 0. The summed E-state index contributed by atoms with van der Waals surface area (Å²) < 4.78 is 5.29. The van der Waals surface area contributed by atoms with Crippen LogP contribution >= 0.6 is 0 Å². The number of methoxy groups -OCH3 is 1. The van der Waals surface area contributed by atoms with Crippen LogP contribution in [0.2, 0.25) is 0 Å². The van der Waals surface area contributed by atoms with Gasteiger partial charge in [0.05, 0.1) is 18.1 Å². The Hall–Kier alpha value is -2.89. The third kappa shape index (κ3) is 3.48. The van der Waals surface area contributed by atoms with Crippen LogP contribution < -0.4 is 10.1 Å². The highest BCUT2D eigenvalue weighted by Crippen LogP contribution is 2.26. The minimum absolute atomic E-state index is 0.0670. The molecule has 2 aromatic rings. The molecule has 0 aliphatic heterocycles. The van der Waals surface area contributed by atoms with E-state index >= 15 is 0 Å². The van der Waals surface area contributed by atoms with Crippen molar-refractivity contribution in [3.63, 3.8) is 0 Å². The first-order valence-electron chi connectivity index (χ1n) is 7.13. The molecule has 1 amide bonds. The van der Waals surface area contributed by atoms with Gasteiger partial charge < -0.3 is 10.1 Å². The summed E-state index contributed by atoms with van der Waals surface area (Å²) in [4.78, 5) is 22.9. The van der Waals surface area contributed by atoms with Gasteiger partial charge in [-0.25, -0.2) is 0 Å². The first-order chi connectivity index (χ1) is 11.0. The molecule has 0 aliphatic rings. The molecule has 0 spiro atoms. The van der Waals surface area contributed by atoms with Gasteiger partial charge in [0.25, 0.3) is 11.6 Å². The van der Waals surface area contributed by atoms with Crippen molar-refractivity contribution in [2.75, 3.05) is 7.11 Å². The lowest BCUT2D eigenvalue weighted by Gasteiger charge is -2.17. The molecule has 1 atom stereocenters. The number of nitrogens with zero attached hydrogens (tertiary/aromatic N) is 1. The van der Waals surface area contributed by atoms with E-state index in [0.29, 0.717) is 16.9 Å². The van der Waals surface area contributed by atoms with Gasteiger partial charge in [0, 0.05) is 22.8 Å². The maximum atomic E-state index is 12.4. The molecule has 0 heterocycles. The number of hydrogen-bond donors (Lipinski definition) is 1. The van der Waals surface area contributed by atoms with Gasteiger partial charge in [-0.3, -0.25) is 14.9 Å². The fraction of sp³-hybridized carbons (Fsp3) is 0.235. The highest BCUT2D eigenvalue weighted by atomic mass is 16.6. The Balaban J connectivity index is 2.26. The summed E-state index contributed by atoms with van der Waals surface area (Å²) in [7, 11) is 1.57. The predicted octanol–water partition coefficient (Wildman–Crippen LogP) is 3.40. The van der Waals surface area contributed by atoms with E-state index in [1.54, 1.807) is 20.1 Å². The normalized spacial score (nSPS) is 11.6. The molecule has 0 unspecified atom stereocenters. The molecule has 2 aromatic carbocycles. The smallest absolute Gasteiger partial charge is 0.273 e. The number of ether oxygens (including phenoxy) is 1. The van der Waals surface area contributed by atoms with Crippen LogP contribution in [0, 0.1) is 17.0 Å². The van der Waals surface area contributed by atoms with E-state index in [9.17, 15) is 14.9 Å². The Morgan fingerprint density at radius 1 is 1.22 bits per heavy atom. The number of nitro benzene ring substituents is 1. The third-order valence-electron chi connectivity index (χ3n) is 3.70. The van der Waals surface area contributed by atoms with Crippen molar-refractivity contribution in [1.29, 1.82) is 0 Å². The second-order valence-electron chi connectivity index (χ2n) is 5.14. The van der Waals surface area contributed by atoms with E-state index in [-0.39, 0.29) is 17.6 Å². The van der Waals surface area contributed by atoms with E-state index in [4.69, 9.17) is 4.74 Å². The van der Waals surface area contributed by atoms with E-state index in [1.165, 1.54) is 12.1 Å². The number of carbonyl (C=O) groups is 1. The topological polar surface area (TPSA) is 81.5 Å². The first-order valence-corrected chi connectivity index (χ1v) is 7.13. The Morgan fingerprint density at radius 2 is 1.91 bits per heavy atom. The van der Waals surface area contributed by atoms with Gasteiger partial charge in [0.15, 0.2) is 0 Å². The molecule has 0 aromatic heterocycles. The largest absolute Gasteiger partial charge is 0.496 e. The molecule has 1 N–H and O–H groups in total. The van der Waals surface area contributed by atoms with Gasteiger partial charge in [-0.1, -0.05) is 24.3 Å². The van der Waals surface area contributed by atoms with Crippen molar-refractivity contribution < 1.29 is 14.5 Å². The maximum Gasteiger partial charge on any atom is 0.273 e. The van der Waals surface area contributed by atoms with Crippen LogP contribution in [-0.2, 0) is 0 Å². The molecule has 0 saturated carbocycles. The molecule has 120 valence electrons. The van der Waals surface area contributed by atoms with Crippen LogP contribution in [0.3, 0.4) is 0 Å². The Kier molecular flexibility index (Phi) is 4.95. The number of para-hydroxylation sites is 1. The zero-order chi connectivity index (χ0) is 17.0. The zero-order valence-corrected chi connectivity index (χ0v) is 13.2. The summed E-state index contributed by atoms with van der Waals surface area (Å²) in [5.74, 6) is 0.320. The van der Waals surface area contributed by atoms with Gasteiger partial charge >= 0.3 is 0 Å². The monoisotopic (exact) mass is 314 g/mol. The summed E-state index contributed by atoms with van der Waals surface area (Å²) in [6, 6.07) is 11.6. The molecule has 6 nitrogen and oxygen atoms in total. The molecule has 0 aliphatic carbocycles. The fourth-order valence-corrected chi connectivity index (χ4v) is 2.44. The molecule has 0 fully saturated rings. The van der Waals surface area contributed by atoms with Crippen LogP contribution in [0.5, 0.6) is 5.75 Å². The summed E-state index contributed by atoms with van der Waals surface area (Å²) >= 11 is 0. The van der Waals surface area contributed by atoms with Crippen LogP contribution in [0.15, 0.2) is 42.5 Å². The number of rotatable bonds is 5. The number of benzene rings is 2. The Bertz CT molecular complexity index is 743. The average Bonchev–Trinajstić information content (AvgIpc) is 2.54. The maximum absolute atomic E-state index is 12.4. The molecular formula is C17H18N2O4. The molecule has 2 rings (SSSR count). The summed E-state index contributed by atoms with van der Waals surface area (Å²) in [6.45, 7) is 3.41. The van der Waals surface area contributed by atoms with Gasteiger partial charge in [-0.05, 0) is 26.0 Å². The molecular weight excluding hydrogens is 296 g/mol. The predicted molar refractivity (Wildman–Crippen MR) is 86.7 cm³/mol. The standard InChI is InChI=1S/C17H18N2O4/c1-11-13(8-6-9-15(11)19(21)22)17(20)18-12(2)14-7-4-5-10-16(14)23-3/h4-10,12H,1-3H3,(H,18,20)/t12-/m1/s1. The Labute approximate surface area is 134 Å². The second kappa shape index (κ2) is 6.91. The van der Waals surface area contributed by atoms with Crippen molar-refractivity contribution in [2.24, 2.45) is 0 Å². The average molecular weight is 314 g/mol. The number of hydrogen-bond acceptors (Lipinski definition) is 4. The van der Waals surface area contributed by atoms with E-state index in [2.05, 4.69) is 5.32 Å². The van der Waals surface area contributed by atoms with Crippen LogP contribution in [0.1, 0.15) is 34.5 Å². The number of carbonyl (C=O) groups excluding carboxylic acids is 1. The van der Waals surface area contributed by atoms with Crippen molar-refractivity contribution in [1.82, 2.24) is 5.32 Å².